The summed E-state index contributed by atoms with van der Waals surface area (Å²) in [5, 5.41) is 24.4. The van der Waals surface area contributed by atoms with E-state index in [0.717, 1.165) is 16.7 Å². The number of benzene rings is 3. The molecule has 6 rings (SSSR count). The first-order valence-electron chi connectivity index (χ1n) is 11.1. The monoisotopic (exact) mass is 441 g/mol. The highest BCUT2D eigenvalue weighted by Gasteiger charge is 2.69. The normalized spacial score (nSPS) is 21.7. The number of nitrogens with zero attached hydrogens (tertiary/aromatic N) is 2. The highest BCUT2D eigenvalue weighted by atomic mass is 16.3. The van der Waals surface area contributed by atoms with Gasteiger partial charge in [-0.1, -0.05) is 78.9 Å². The van der Waals surface area contributed by atoms with Crippen LogP contribution in [0.25, 0.3) is 11.3 Å². The lowest BCUT2D eigenvalue weighted by molar-refractivity contribution is -0.124. The standard InChI is InChI=1S/C29H19N3O2/c30-17-28(18-31)26(20-11-5-2-6-12-20)21-15-24(19-9-3-1-4-10-19)34-25(21)16-29(28)22-13-7-8-14-23(22)32-27(29)33/h1-15,26H,16H2,(H,32,33)/t26-,29-/m1/s1. The van der Waals surface area contributed by atoms with E-state index in [1.807, 2.05) is 91.0 Å². The third kappa shape index (κ3) is 2.44. The van der Waals surface area contributed by atoms with E-state index in [0.29, 0.717) is 22.8 Å². The van der Waals surface area contributed by atoms with E-state index in [1.54, 1.807) is 0 Å². The van der Waals surface area contributed by atoms with E-state index in [9.17, 15) is 15.3 Å². The Balaban J connectivity index is 1.70. The van der Waals surface area contributed by atoms with Crippen molar-refractivity contribution in [3.8, 4) is 23.5 Å². The maximum atomic E-state index is 13.7. The predicted octanol–water partition coefficient (Wildman–Crippen LogP) is 5.56. The number of anilines is 1. The van der Waals surface area contributed by atoms with E-state index in [4.69, 9.17) is 4.42 Å². The molecule has 34 heavy (non-hydrogen) atoms. The number of furan rings is 1. The molecule has 1 aliphatic carbocycles. The van der Waals surface area contributed by atoms with Gasteiger partial charge in [0.15, 0.2) is 5.41 Å². The number of amides is 1. The quantitative estimate of drug-likeness (QED) is 0.441. The van der Waals surface area contributed by atoms with Gasteiger partial charge in [0.2, 0.25) is 5.91 Å². The minimum atomic E-state index is -1.68. The summed E-state index contributed by atoms with van der Waals surface area (Å²) >= 11 is 0. The minimum Gasteiger partial charge on any atom is -0.461 e. The van der Waals surface area contributed by atoms with Crippen LogP contribution in [0, 0.1) is 28.1 Å². The Morgan fingerprint density at radius 1 is 0.882 bits per heavy atom. The number of nitriles is 2. The molecule has 2 atom stereocenters. The maximum Gasteiger partial charge on any atom is 0.238 e. The maximum absolute atomic E-state index is 13.7. The molecule has 2 heterocycles. The first kappa shape index (κ1) is 20.0. The molecule has 0 radical (unpaired) electrons. The average Bonchev–Trinajstić information content (AvgIpc) is 3.43. The SMILES string of the molecule is N#CC1(C#N)[C@H](c2ccccc2)c2cc(-c3ccccc3)oc2C[C@@]12C(=O)Nc1ccccc12. The van der Waals surface area contributed by atoms with Crippen molar-refractivity contribution >= 4 is 11.6 Å². The number of carbonyl (C=O) groups excluding carboxylic acids is 1. The largest absolute Gasteiger partial charge is 0.461 e. The molecule has 0 bridgehead atoms. The number of hydrogen-bond acceptors (Lipinski definition) is 4. The fourth-order valence-corrected chi connectivity index (χ4v) is 5.73. The van der Waals surface area contributed by atoms with E-state index in [1.165, 1.54) is 0 Å². The van der Waals surface area contributed by atoms with Crippen LogP contribution in [0.1, 0.15) is 28.4 Å². The molecule has 1 N–H and O–H groups in total. The minimum absolute atomic E-state index is 0.127. The van der Waals surface area contributed by atoms with Gasteiger partial charge in [0, 0.05) is 29.2 Å². The van der Waals surface area contributed by atoms with Crippen molar-refractivity contribution in [3.63, 3.8) is 0 Å². The molecule has 0 saturated heterocycles. The molecule has 0 saturated carbocycles. The first-order chi connectivity index (χ1) is 16.6. The van der Waals surface area contributed by atoms with Crippen molar-refractivity contribution in [2.24, 2.45) is 5.41 Å². The number of hydrogen-bond donors (Lipinski definition) is 1. The van der Waals surface area contributed by atoms with Gasteiger partial charge in [0.25, 0.3) is 0 Å². The molecule has 5 heteroatoms. The van der Waals surface area contributed by atoms with Gasteiger partial charge in [0.05, 0.1) is 12.1 Å². The summed E-state index contributed by atoms with van der Waals surface area (Å²) in [6, 6.07) is 33.1. The Morgan fingerprint density at radius 3 is 2.24 bits per heavy atom. The third-order valence-electron chi connectivity index (χ3n) is 7.25. The van der Waals surface area contributed by atoms with E-state index in [-0.39, 0.29) is 12.3 Å². The Morgan fingerprint density at radius 2 is 1.53 bits per heavy atom. The summed E-state index contributed by atoms with van der Waals surface area (Å²) in [6.07, 6.45) is 0.127. The highest BCUT2D eigenvalue weighted by molar-refractivity contribution is 6.08. The Bertz CT molecular complexity index is 1490. The molecule has 4 aromatic rings. The number of carbonyl (C=O) groups is 1. The fraction of sp³-hybridized carbons (Fsp3) is 0.138. The van der Waals surface area contributed by atoms with Crippen molar-refractivity contribution in [2.45, 2.75) is 17.8 Å². The zero-order valence-electron chi connectivity index (χ0n) is 18.2. The molecule has 2 aliphatic rings. The summed E-state index contributed by atoms with van der Waals surface area (Å²) < 4.78 is 6.38. The van der Waals surface area contributed by atoms with Gasteiger partial charge in [-0.15, -0.1) is 0 Å². The zero-order valence-corrected chi connectivity index (χ0v) is 18.2. The van der Waals surface area contributed by atoms with Crippen molar-refractivity contribution in [2.75, 3.05) is 5.32 Å². The third-order valence-corrected chi connectivity index (χ3v) is 7.25. The van der Waals surface area contributed by atoms with Crippen molar-refractivity contribution in [1.29, 1.82) is 10.5 Å². The second-order valence-electron chi connectivity index (χ2n) is 8.81. The molecule has 162 valence electrons. The average molecular weight is 441 g/mol. The summed E-state index contributed by atoms with van der Waals surface area (Å²) in [6.45, 7) is 0. The Kier molecular flexibility index (Phi) is 4.24. The van der Waals surface area contributed by atoms with Crippen LogP contribution in [0.15, 0.2) is 95.4 Å². The molecular weight excluding hydrogens is 422 g/mol. The van der Waals surface area contributed by atoms with Crippen molar-refractivity contribution in [3.05, 3.63) is 113 Å². The summed E-state index contributed by atoms with van der Waals surface area (Å²) in [7, 11) is 0. The summed E-state index contributed by atoms with van der Waals surface area (Å²) in [5.74, 6) is 0.257. The fourth-order valence-electron chi connectivity index (χ4n) is 5.73. The first-order valence-corrected chi connectivity index (χ1v) is 11.1. The van der Waals surface area contributed by atoms with Crippen LogP contribution in [0.4, 0.5) is 5.69 Å². The van der Waals surface area contributed by atoms with Crippen LogP contribution < -0.4 is 5.32 Å². The zero-order chi connectivity index (χ0) is 23.3. The second kappa shape index (κ2) is 7.20. The molecule has 1 spiro atoms. The van der Waals surface area contributed by atoms with Gasteiger partial charge in [-0.2, -0.15) is 10.5 Å². The van der Waals surface area contributed by atoms with Crippen LogP contribution in [0.2, 0.25) is 0 Å². The van der Waals surface area contributed by atoms with Gasteiger partial charge < -0.3 is 9.73 Å². The Labute approximate surface area is 196 Å². The van der Waals surface area contributed by atoms with Crippen molar-refractivity contribution in [1.82, 2.24) is 0 Å². The summed E-state index contributed by atoms with van der Waals surface area (Å²) in [4.78, 5) is 13.7. The van der Waals surface area contributed by atoms with Crippen LogP contribution in [0.3, 0.4) is 0 Å². The molecule has 1 amide bonds. The van der Waals surface area contributed by atoms with Gasteiger partial charge in [-0.05, 0) is 23.3 Å². The molecular formula is C29H19N3O2. The van der Waals surface area contributed by atoms with Gasteiger partial charge in [-0.25, -0.2) is 0 Å². The van der Waals surface area contributed by atoms with E-state index in [2.05, 4.69) is 17.5 Å². The number of rotatable bonds is 2. The molecule has 0 fully saturated rings. The van der Waals surface area contributed by atoms with Crippen molar-refractivity contribution < 1.29 is 9.21 Å². The molecule has 1 aliphatic heterocycles. The lowest BCUT2D eigenvalue weighted by Gasteiger charge is -2.46. The lowest BCUT2D eigenvalue weighted by Crippen LogP contribution is -2.56. The lowest BCUT2D eigenvalue weighted by atomic mass is 9.49. The van der Waals surface area contributed by atoms with Crippen LogP contribution in [-0.2, 0) is 16.6 Å². The molecule has 0 unspecified atom stereocenters. The number of nitrogens with one attached hydrogen (secondary N) is 1. The topological polar surface area (TPSA) is 89.8 Å². The van der Waals surface area contributed by atoms with Gasteiger partial charge >= 0.3 is 0 Å². The van der Waals surface area contributed by atoms with Crippen LogP contribution in [-0.4, -0.2) is 5.91 Å². The molecule has 3 aromatic carbocycles. The highest BCUT2D eigenvalue weighted by Crippen LogP contribution is 2.62. The van der Waals surface area contributed by atoms with E-state index < -0.39 is 16.7 Å². The summed E-state index contributed by atoms with van der Waals surface area (Å²) in [5.41, 5.74) is 0.662. The second-order valence-corrected chi connectivity index (χ2v) is 8.81. The number of fused-ring (bicyclic) bond motifs is 3. The van der Waals surface area contributed by atoms with Crippen LogP contribution in [0.5, 0.6) is 0 Å². The number of para-hydroxylation sites is 1. The molecule has 1 aromatic heterocycles. The Hall–Kier alpha value is -4.61. The van der Waals surface area contributed by atoms with Crippen LogP contribution >= 0.6 is 0 Å². The molecule has 5 nitrogen and oxygen atoms in total. The smallest absolute Gasteiger partial charge is 0.238 e. The van der Waals surface area contributed by atoms with E-state index >= 15 is 0 Å². The van der Waals surface area contributed by atoms with Gasteiger partial charge in [-0.3, -0.25) is 4.79 Å². The predicted molar refractivity (Wildman–Crippen MR) is 127 cm³/mol. The van der Waals surface area contributed by atoms with Gasteiger partial charge in [0.1, 0.15) is 16.9 Å².